The Morgan fingerprint density at radius 3 is 2.53 bits per heavy atom. The van der Waals surface area contributed by atoms with Crippen LogP contribution in [0.15, 0.2) is 59.7 Å². The predicted octanol–water partition coefficient (Wildman–Crippen LogP) is 5.60. The Kier molecular flexibility index (Phi) is 10.4. The molecule has 0 radical (unpaired) electrons. The van der Waals surface area contributed by atoms with E-state index >= 15 is 0 Å². The zero-order valence-corrected chi connectivity index (χ0v) is 26.9. The Morgan fingerprint density at radius 1 is 1.09 bits per heavy atom. The molecule has 1 aliphatic heterocycles. The van der Waals surface area contributed by atoms with Crippen molar-refractivity contribution in [3.63, 3.8) is 0 Å². The summed E-state index contributed by atoms with van der Waals surface area (Å²) in [5, 5.41) is 26.7. The molecule has 0 bridgehead atoms. The lowest BCUT2D eigenvalue weighted by Gasteiger charge is -2.26. The summed E-state index contributed by atoms with van der Waals surface area (Å²) in [4.78, 5) is 26.5. The second-order valence-electron chi connectivity index (χ2n) is 10.2. The molecule has 3 N–H and O–H groups in total. The number of aryl methyl sites for hydroxylation is 1. The number of guanidine groups is 1. The van der Waals surface area contributed by atoms with E-state index < -0.39 is 10.9 Å². The number of nitrogens with zero attached hydrogens (tertiary/aromatic N) is 5. The molecule has 5 rings (SSSR count). The topological polar surface area (TPSA) is 130 Å². The molecule has 11 nitrogen and oxygen atoms in total. The molecule has 1 aliphatic rings. The second-order valence-corrected chi connectivity index (χ2v) is 12.2. The second kappa shape index (κ2) is 14.6. The Balaban J connectivity index is 1.63. The number of thiophene rings is 1. The van der Waals surface area contributed by atoms with Crippen molar-refractivity contribution in [2.24, 2.45) is 5.10 Å². The standard InChI is InChI=1S/C31H30Cl2N8O3S/c1-20-6-8-21(9-7-20)10-12-23-13-15-27(45-23)29-24(19-35-31(34-2)38-41(43)44)28(30(42)37-39-16-4-3-5-17-39)36-40(29)26-14-11-22(32)18-25(26)33/h6-9,11,13-15,18H,3-5,16-17,19H2,1-2H3,(H,37,42)(H2,34,35,38). The monoisotopic (exact) mass is 664 g/mol. The molecule has 0 atom stereocenters. The summed E-state index contributed by atoms with van der Waals surface area (Å²) in [6, 6.07) is 16.8. The molecule has 0 aliphatic carbocycles. The van der Waals surface area contributed by atoms with Gasteiger partial charge in [-0.05, 0) is 62.2 Å². The lowest BCUT2D eigenvalue weighted by Crippen LogP contribution is -2.45. The highest BCUT2D eigenvalue weighted by Gasteiger charge is 2.28. The summed E-state index contributed by atoms with van der Waals surface area (Å²) < 4.78 is 1.60. The maximum Gasteiger partial charge on any atom is 0.286 e. The van der Waals surface area contributed by atoms with Crippen LogP contribution in [0.3, 0.4) is 0 Å². The Hall–Kier alpha value is -4.41. The van der Waals surface area contributed by atoms with Crippen LogP contribution in [-0.2, 0) is 6.54 Å². The van der Waals surface area contributed by atoms with Crippen molar-refractivity contribution in [2.45, 2.75) is 32.7 Å². The Bertz CT molecular complexity index is 1800. The molecule has 4 aromatic rings. The van der Waals surface area contributed by atoms with Gasteiger partial charge in [-0.2, -0.15) is 5.10 Å². The van der Waals surface area contributed by atoms with Crippen molar-refractivity contribution in [1.82, 2.24) is 30.8 Å². The van der Waals surface area contributed by atoms with Crippen LogP contribution in [0.25, 0.3) is 16.3 Å². The van der Waals surface area contributed by atoms with Crippen molar-refractivity contribution in [2.75, 3.05) is 20.1 Å². The van der Waals surface area contributed by atoms with Gasteiger partial charge >= 0.3 is 0 Å². The first-order chi connectivity index (χ1) is 21.7. The number of rotatable bonds is 7. The van der Waals surface area contributed by atoms with Gasteiger partial charge in [-0.25, -0.2) is 19.8 Å². The number of carbonyl (C=O) groups is 1. The molecule has 3 heterocycles. The molecule has 2 aromatic carbocycles. The fourth-order valence-electron chi connectivity index (χ4n) is 4.81. The molecule has 1 fully saturated rings. The molecule has 45 heavy (non-hydrogen) atoms. The number of hydrazine groups is 1. The normalized spacial score (nSPS) is 13.6. The van der Waals surface area contributed by atoms with Gasteiger partial charge in [0.15, 0.2) is 10.7 Å². The van der Waals surface area contributed by atoms with Crippen molar-refractivity contribution < 1.29 is 9.83 Å². The van der Waals surface area contributed by atoms with E-state index in [4.69, 9.17) is 28.3 Å². The molecular formula is C31H30Cl2N8O3S. The summed E-state index contributed by atoms with van der Waals surface area (Å²) in [6.07, 6.45) is 3.05. The van der Waals surface area contributed by atoms with E-state index in [1.807, 2.05) is 48.3 Å². The molecule has 2 aromatic heterocycles. The maximum atomic E-state index is 13.8. The molecule has 1 saturated heterocycles. The summed E-state index contributed by atoms with van der Waals surface area (Å²) in [5.74, 6) is 5.93. The van der Waals surface area contributed by atoms with Gasteiger partial charge in [-0.15, -0.1) is 11.3 Å². The van der Waals surface area contributed by atoms with Crippen LogP contribution in [0.5, 0.6) is 0 Å². The third kappa shape index (κ3) is 8.01. The lowest BCUT2D eigenvalue weighted by atomic mass is 10.1. The number of benzene rings is 2. The fraction of sp³-hybridized carbons (Fsp3) is 0.258. The largest absolute Gasteiger partial charge is 0.354 e. The summed E-state index contributed by atoms with van der Waals surface area (Å²) >= 11 is 14.3. The maximum absolute atomic E-state index is 13.8. The highest BCUT2D eigenvalue weighted by molar-refractivity contribution is 7.16. The average molecular weight is 666 g/mol. The van der Waals surface area contributed by atoms with Crippen molar-refractivity contribution in [1.29, 1.82) is 0 Å². The minimum Gasteiger partial charge on any atom is -0.354 e. The lowest BCUT2D eigenvalue weighted by molar-refractivity contribution is -0.485. The smallest absolute Gasteiger partial charge is 0.286 e. The quantitative estimate of drug-likeness (QED) is 0.0771. The first-order valence-electron chi connectivity index (χ1n) is 14.2. The van der Waals surface area contributed by atoms with Gasteiger partial charge in [0.25, 0.3) is 11.9 Å². The number of nitrogens with one attached hydrogen (secondary N) is 3. The number of hydrogen-bond donors (Lipinski definition) is 3. The van der Waals surface area contributed by atoms with Gasteiger partial charge in [0.2, 0.25) is 0 Å². The van der Waals surface area contributed by atoms with Crippen LogP contribution in [-0.4, -0.2) is 51.8 Å². The number of amides is 1. The molecular weight excluding hydrogens is 635 g/mol. The number of halogens is 2. The fourth-order valence-corrected chi connectivity index (χ4v) is 6.22. The highest BCUT2D eigenvalue weighted by Crippen LogP contribution is 2.36. The van der Waals surface area contributed by atoms with Crippen molar-refractivity contribution >= 4 is 46.4 Å². The van der Waals surface area contributed by atoms with Crippen LogP contribution in [0.1, 0.15) is 51.3 Å². The van der Waals surface area contributed by atoms with Crippen LogP contribution in [0.2, 0.25) is 10.0 Å². The number of hydrazone groups is 1. The van der Waals surface area contributed by atoms with Crippen molar-refractivity contribution in [3.8, 4) is 28.1 Å². The average Bonchev–Trinajstić information content (AvgIpc) is 3.64. The van der Waals surface area contributed by atoms with Crippen molar-refractivity contribution in [3.05, 3.63) is 102 Å². The molecule has 0 unspecified atom stereocenters. The summed E-state index contributed by atoms with van der Waals surface area (Å²) in [5.41, 5.74) is 6.72. The van der Waals surface area contributed by atoms with Gasteiger partial charge in [-0.3, -0.25) is 10.2 Å². The minimum atomic E-state index is -0.807. The number of nitro groups is 1. The molecule has 232 valence electrons. The van der Waals surface area contributed by atoms with Gasteiger partial charge in [0.1, 0.15) is 5.10 Å². The van der Waals surface area contributed by atoms with Crippen LogP contribution in [0, 0.1) is 28.9 Å². The van der Waals surface area contributed by atoms with Crippen LogP contribution >= 0.6 is 34.5 Å². The Morgan fingerprint density at radius 2 is 1.84 bits per heavy atom. The summed E-state index contributed by atoms with van der Waals surface area (Å²) in [7, 11) is 1.51. The van der Waals surface area contributed by atoms with E-state index in [0.29, 0.717) is 27.0 Å². The van der Waals surface area contributed by atoms with E-state index in [0.717, 1.165) is 53.2 Å². The zero-order valence-electron chi connectivity index (χ0n) is 24.6. The van der Waals surface area contributed by atoms with E-state index in [-0.39, 0.29) is 18.2 Å². The summed E-state index contributed by atoms with van der Waals surface area (Å²) in [6.45, 7) is 3.46. The third-order valence-electron chi connectivity index (χ3n) is 7.02. The van der Waals surface area contributed by atoms with E-state index in [2.05, 4.69) is 33.0 Å². The van der Waals surface area contributed by atoms with Gasteiger partial charge < -0.3 is 10.6 Å². The molecule has 1 amide bonds. The SMILES string of the molecule is CN/C(=N\[N+](=O)[O-])NCc1c(C(=O)NN2CCCCC2)nn(-c2ccc(Cl)cc2Cl)c1-c1ccc(C#Cc2ccc(C)cc2)s1. The van der Waals surface area contributed by atoms with Gasteiger partial charge in [0.05, 0.1) is 26.2 Å². The highest BCUT2D eigenvalue weighted by atomic mass is 35.5. The first kappa shape index (κ1) is 32.0. The Labute approximate surface area is 274 Å². The third-order valence-corrected chi connectivity index (χ3v) is 8.57. The number of hydrogen-bond acceptors (Lipinski definition) is 6. The van der Waals surface area contributed by atoms with Crippen LogP contribution in [0.4, 0.5) is 0 Å². The predicted molar refractivity (Wildman–Crippen MR) is 177 cm³/mol. The van der Waals surface area contributed by atoms with E-state index in [1.165, 1.54) is 18.4 Å². The zero-order chi connectivity index (χ0) is 31.9. The minimum absolute atomic E-state index is 0.0148. The molecule has 0 spiro atoms. The number of aromatic nitrogens is 2. The number of piperidine rings is 1. The van der Waals surface area contributed by atoms with Gasteiger partial charge in [0, 0.05) is 42.8 Å². The van der Waals surface area contributed by atoms with E-state index in [1.54, 1.807) is 22.9 Å². The van der Waals surface area contributed by atoms with E-state index in [9.17, 15) is 14.9 Å². The number of carbonyl (C=O) groups excluding carboxylic acids is 1. The van der Waals surface area contributed by atoms with Crippen LogP contribution < -0.4 is 16.1 Å². The first-order valence-corrected chi connectivity index (χ1v) is 15.8. The molecule has 14 heteroatoms. The van der Waals surface area contributed by atoms with Gasteiger partial charge in [-0.1, -0.05) is 59.2 Å². The molecule has 0 saturated carbocycles.